The Hall–Kier alpha value is -1.18. The van der Waals surface area contributed by atoms with Gasteiger partial charge in [0.05, 0.1) is 0 Å². The number of allylic oxidation sites excluding steroid dienone is 2. The number of hydrogen-bond donors (Lipinski definition) is 0. The summed E-state index contributed by atoms with van der Waals surface area (Å²) >= 11 is 0. The smallest absolute Gasteiger partial charge is 0.126 e. The molecule has 1 aromatic carbocycles. The van der Waals surface area contributed by atoms with E-state index in [-0.39, 0.29) is 5.92 Å². The Bertz CT molecular complexity index is 322. The minimum Gasteiger partial charge on any atom is -0.207 e. The molecule has 0 saturated heterocycles. The summed E-state index contributed by atoms with van der Waals surface area (Å²) in [7, 11) is 0. The summed E-state index contributed by atoms with van der Waals surface area (Å²) in [6.07, 6.45) is 5.81. The molecule has 0 aliphatic rings. The lowest BCUT2D eigenvalue weighted by molar-refractivity contribution is 0.574. The maximum absolute atomic E-state index is 13.0. The minimum atomic E-state index is -0.504. The van der Waals surface area contributed by atoms with Crippen molar-refractivity contribution in [3.63, 3.8) is 0 Å². The molecule has 1 rings (SSSR count). The third kappa shape index (κ3) is 3.46. The molecule has 0 aromatic heterocycles. The first-order valence-corrected chi connectivity index (χ1v) is 5.26. The number of hydrogen-bond acceptors (Lipinski definition) is 0. The van der Waals surface area contributed by atoms with Gasteiger partial charge in [-0.1, -0.05) is 25.5 Å². The summed E-state index contributed by atoms with van der Waals surface area (Å²) in [6.45, 7) is 3.98. The van der Waals surface area contributed by atoms with Gasteiger partial charge in [-0.2, -0.15) is 0 Å². The summed E-state index contributed by atoms with van der Waals surface area (Å²) in [4.78, 5) is 0. The minimum absolute atomic E-state index is 0.116. The zero-order valence-electron chi connectivity index (χ0n) is 9.13. The van der Waals surface area contributed by atoms with Gasteiger partial charge in [0.25, 0.3) is 0 Å². The monoisotopic (exact) mass is 210 g/mol. The normalized spacial score (nSPS) is 13.3. The first-order chi connectivity index (χ1) is 7.17. The van der Waals surface area contributed by atoms with Crippen molar-refractivity contribution in [2.24, 2.45) is 0 Å². The Balaban J connectivity index is 2.99. The lowest BCUT2D eigenvalue weighted by Gasteiger charge is -2.12. The molecule has 0 heterocycles. The highest BCUT2D eigenvalue weighted by atomic mass is 19.1. The first kappa shape index (κ1) is 11.9. The number of benzene rings is 1. The average molecular weight is 210 g/mol. The Kier molecular flexibility index (Phi) is 4.47. The van der Waals surface area contributed by atoms with E-state index in [4.69, 9.17) is 0 Å². The lowest BCUT2D eigenvalue weighted by Crippen LogP contribution is -1.97. The van der Waals surface area contributed by atoms with E-state index >= 15 is 0 Å². The largest absolute Gasteiger partial charge is 0.207 e. The van der Waals surface area contributed by atoms with Gasteiger partial charge in [-0.25, -0.2) is 8.78 Å². The van der Waals surface area contributed by atoms with Crippen molar-refractivity contribution in [3.8, 4) is 0 Å². The standard InChI is InChI=1S/C13H16F2/c1-3-5-10(6-4-2)11-7-12(14)9-13(15)8-11/h3,5,7-10H,4,6H2,1-2H3/b5-3-/t10-/m1/s1. The van der Waals surface area contributed by atoms with E-state index in [0.717, 1.165) is 18.9 Å². The van der Waals surface area contributed by atoms with E-state index in [1.807, 2.05) is 19.1 Å². The molecule has 0 radical (unpaired) electrons. The summed E-state index contributed by atoms with van der Waals surface area (Å²) in [5.74, 6) is -0.892. The highest BCUT2D eigenvalue weighted by Gasteiger charge is 2.09. The molecule has 2 heteroatoms. The van der Waals surface area contributed by atoms with Gasteiger partial charge in [-0.15, -0.1) is 0 Å². The summed E-state index contributed by atoms with van der Waals surface area (Å²) in [5, 5.41) is 0. The molecule has 0 saturated carbocycles. The predicted molar refractivity (Wildman–Crippen MR) is 58.8 cm³/mol. The van der Waals surface area contributed by atoms with Gasteiger partial charge < -0.3 is 0 Å². The van der Waals surface area contributed by atoms with Crippen molar-refractivity contribution in [3.05, 3.63) is 47.5 Å². The first-order valence-electron chi connectivity index (χ1n) is 5.26. The van der Waals surface area contributed by atoms with Gasteiger partial charge >= 0.3 is 0 Å². The molecule has 0 aliphatic heterocycles. The Labute approximate surface area is 89.6 Å². The van der Waals surface area contributed by atoms with E-state index < -0.39 is 11.6 Å². The molecular formula is C13H16F2. The van der Waals surface area contributed by atoms with Gasteiger partial charge in [-0.3, -0.25) is 0 Å². The Morgan fingerprint density at radius 2 is 1.80 bits per heavy atom. The van der Waals surface area contributed by atoms with Crippen molar-refractivity contribution in [1.29, 1.82) is 0 Å². The molecule has 15 heavy (non-hydrogen) atoms. The predicted octanol–water partition coefficient (Wildman–Crippen LogP) is 4.42. The maximum atomic E-state index is 13.0. The second kappa shape index (κ2) is 5.64. The SMILES string of the molecule is C/C=C\[C@H](CCC)c1cc(F)cc(F)c1. The van der Waals surface area contributed by atoms with Gasteiger partial charge in [0.1, 0.15) is 11.6 Å². The second-order valence-electron chi connectivity index (χ2n) is 3.62. The van der Waals surface area contributed by atoms with Gasteiger partial charge in [0.2, 0.25) is 0 Å². The van der Waals surface area contributed by atoms with Crippen LogP contribution in [-0.2, 0) is 0 Å². The van der Waals surface area contributed by atoms with Crippen LogP contribution in [0.1, 0.15) is 38.2 Å². The second-order valence-corrected chi connectivity index (χ2v) is 3.62. The molecule has 82 valence electrons. The maximum Gasteiger partial charge on any atom is 0.126 e. The van der Waals surface area contributed by atoms with Crippen molar-refractivity contribution < 1.29 is 8.78 Å². The van der Waals surface area contributed by atoms with Gasteiger partial charge in [-0.05, 0) is 31.0 Å². The fourth-order valence-electron chi connectivity index (χ4n) is 1.71. The van der Waals surface area contributed by atoms with Crippen molar-refractivity contribution in [2.75, 3.05) is 0 Å². The highest BCUT2D eigenvalue weighted by molar-refractivity contribution is 5.25. The van der Waals surface area contributed by atoms with E-state index in [0.29, 0.717) is 5.56 Å². The third-order valence-corrected chi connectivity index (χ3v) is 2.34. The molecule has 0 bridgehead atoms. The molecule has 0 unspecified atom stereocenters. The van der Waals surface area contributed by atoms with Crippen LogP contribution in [0.5, 0.6) is 0 Å². The van der Waals surface area contributed by atoms with Crippen molar-refractivity contribution >= 4 is 0 Å². The van der Waals surface area contributed by atoms with Crippen LogP contribution in [0.15, 0.2) is 30.4 Å². The van der Waals surface area contributed by atoms with Crippen LogP contribution in [0.3, 0.4) is 0 Å². The zero-order valence-corrected chi connectivity index (χ0v) is 9.13. The van der Waals surface area contributed by atoms with Gasteiger partial charge in [0.15, 0.2) is 0 Å². The van der Waals surface area contributed by atoms with Crippen molar-refractivity contribution in [2.45, 2.75) is 32.6 Å². The Morgan fingerprint density at radius 1 is 1.20 bits per heavy atom. The molecule has 1 aromatic rings. The number of rotatable bonds is 4. The van der Waals surface area contributed by atoms with Crippen LogP contribution in [0, 0.1) is 11.6 Å². The van der Waals surface area contributed by atoms with Crippen LogP contribution >= 0.6 is 0 Å². The lowest BCUT2D eigenvalue weighted by atomic mass is 9.94. The van der Waals surface area contributed by atoms with E-state index in [1.54, 1.807) is 0 Å². The molecule has 0 aliphatic carbocycles. The summed E-state index contributed by atoms with van der Waals surface area (Å²) in [5.41, 5.74) is 0.715. The summed E-state index contributed by atoms with van der Waals surface area (Å²) in [6, 6.07) is 3.72. The fourth-order valence-corrected chi connectivity index (χ4v) is 1.71. The Morgan fingerprint density at radius 3 is 2.27 bits per heavy atom. The van der Waals surface area contributed by atoms with Crippen LogP contribution in [-0.4, -0.2) is 0 Å². The summed E-state index contributed by atoms with van der Waals surface area (Å²) < 4.78 is 26.0. The third-order valence-electron chi connectivity index (χ3n) is 2.34. The quantitative estimate of drug-likeness (QED) is 0.645. The number of halogens is 2. The molecule has 0 nitrogen and oxygen atoms in total. The molecule has 0 spiro atoms. The van der Waals surface area contributed by atoms with E-state index in [1.165, 1.54) is 12.1 Å². The highest BCUT2D eigenvalue weighted by Crippen LogP contribution is 2.24. The zero-order chi connectivity index (χ0) is 11.3. The molecule has 1 atom stereocenters. The van der Waals surface area contributed by atoms with Crippen molar-refractivity contribution in [1.82, 2.24) is 0 Å². The van der Waals surface area contributed by atoms with Crippen LogP contribution in [0.25, 0.3) is 0 Å². The van der Waals surface area contributed by atoms with Crippen LogP contribution in [0.2, 0.25) is 0 Å². The van der Waals surface area contributed by atoms with E-state index in [9.17, 15) is 8.78 Å². The topological polar surface area (TPSA) is 0 Å². The molecule has 0 N–H and O–H groups in total. The van der Waals surface area contributed by atoms with Crippen LogP contribution < -0.4 is 0 Å². The van der Waals surface area contributed by atoms with Crippen LogP contribution in [0.4, 0.5) is 8.78 Å². The molecule has 0 amide bonds. The molecule has 0 fully saturated rings. The fraction of sp³-hybridized carbons (Fsp3) is 0.385. The van der Waals surface area contributed by atoms with E-state index in [2.05, 4.69) is 6.92 Å². The average Bonchev–Trinajstić information content (AvgIpc) is 2.16. The molecular weight excluding hydrogens is 194 g/mol. The van der Waals surface area contributed by atoms with Gasteiger partial charge in [0, 0.05) is 12.0 Å².